The molecule has 0 atom stereocenters. The molecule has 0 aromatic carbocycles. The number of quaternary nitrogens is 2. The first kappa shape index (κ1) is 57.5. The van der Waals surface area contributed by atoms with Crippen molar-refractivity contribution in [1.29, 1.82) is 0 Å². The number of unbranched alkanes of at least 4 members (excludes halogenated alkanes) is 4. The van der Waals surface area contributed by atoms with Gasteiger partial charge < -0.3 is 13.7 Å². The van der Waals surface area contributed by atoms with Gasteiger partial charge in [0.15, 0.2) is 0 Å². The molecule has 352 valence electrons. The average Bonchev–Trinajstić information content (AvgIpc) is 3.00. The predicted octanol–water partition coefficient (Wildman–Crippen LogP) is 0.478. The second-order valence-electron chi connectivity index (χ2n) is 14.8. The van der Waals surface area contributed by atoms with Crippen molar-refractivity contribution in [1.82, 2.24) is 0 Å². The predicted molar refractivity (Wildman–Crippen MR) is 214 cm³/mol. The number of hydrogen-bond donors (Lipinski definition) is 6. The maximum absolute atomic E-state index is 12.4. The van der Waals surface area contributed by atoms with Crippen LogP contribution in [0.1, 0.15) is 89.9 Å². The fraction of sp³-hybridized carbons (Fsp3) is 0.933. The van der Waals surface area contributed by atoms with Crippen LogP contribution in [0.4, 0.5) is 0 Å². The summed E-state index contributed by atoms with van der Waals surface area (Å²) in [7, 11) is -26.1. The van der Waals surface area contributed by atoms with Crippen molar-refractivity contribution in [2.45, 2.75) is 89.9 Å². The van der Waals surface area contributed by atoms with Gasteiger partial charge in [-0.15, -0.1) is 0 Å². The molecule has 0 heterocycles. The van der Waals surface area contributed by atoms with Crippen LogP contribution in [0.15, 0.2) is 0 Å². The minimum absolute atomic E-state index is 0.0107. The summed E-state index contributed by atoms with van der Waals surface area (Å²) in [4.78, 5) is 24.8. The number of carbonyl (C=O) groups is 2. The van der Waals surface area contributed by atoms with E-state index < -0.39 is 107 Å². The van der Waals surface area contributed by atoms with Crippen molar-refractivity contribution in [3.63, 3.8) is 0 Å². The summed E-state index contributed by atoms with van der Waals surface area (Å²) in [6, 6.07) is 0. The number of nitrogens with zero attached hydrogens (tertiary/aromatic N) is 2. The van der Waals surface area contributed by atoms with Crippen molar-refractivity contribution < 1.29 is 101 Å². The zero-order valence-corrected chi connectivity index (χ0v) is 37.8. The Balaban J connectivity index is 5.30. The van der Waals surface area contributed by atoms with E-state index in [9.17, 15) is 87.4 Å². The van der Waals surface area contributed by atoms with Crippen molar-refractivity contribution in [3.8, 4) is 0 Å². The van der Waals surface area contributed by atoms with Gasteiger partial charge in [-0.05, 0) is 38.5 Å². The lowest BCUT2D eigenvalue weighted by Gasteiger charge is -2.39. The SMILES string of the molecule is O=C(CCCCC[N+](CCCS(=O)(=O)O)(CCCS(=O)(=O)O)CCCS(=O)(=O)O)OC(=O)CCCCC[N+](CCCS(=O)(=O)O)(CCCS(=O)(=O)O)CCCS(=O)(=O)O. The van der Waals surface area contributed by atoms with Gasteiger partial charge in [-0.25, -0.2) is 0 Å². The fourth-order valence-electron chi connectivity index (χ4n) is 6.85. The first-order valence-electron chi connectivity index (χ1n) is 18.9. The maximum Gasteiger partial charge on any atom is 0.313 e. The molecule has 0 rings (SSSR count). The Morgan fingerprint density at radius 3 is 0.678 bits per heavy atom. The molecule has 0 bridgehead atoms. The Morgan fingerprint density at radius 2 is 0.492 bits per heavy atom. The minimum Gasteiger partial charge on any atom is -0.393 e. The molecule has 0 aromatic rings. The Morgan fingerprint density at radius 1 is 0.305 bits per heavy atom. The standard InChI is InChI=1S/C30H60N2O21S6/c33-29(13-3-1-5-15-31(17-7-23-54(35,36)37,18-8-24-55(38,39)40)19-9-25-56(41,42)43)53-30(34)14-4-2-6-16-32(20-10-26-57(44,45)46,21-11-27-58(47,48)49)22-12-28-59(50,51)52/h1-28H2,(H4-2,35,36,37,38,39,40,41,42,43,44,45,46,47,48,49,50,51,52)/p+2. The third kappa shape index (κ3) is 35.8. The summed E-state index contributed by atoms with van der Waals surface area (Å²) >= 11 is 0. The molecule has 0 unspecified atom stereocenters. The van der Waals surface area contributed by atoms with E-state index >= 15 is 0 Å². The number of carbonyl (C=O) groups excluding carboxylic acids is 2. The molecule has 29 heteroatoms. The van der Waals surface area contributed by atoms with E-state index in [-0.39, 0.29) is 126 Å². The topological polar surface area (TPSA) is 370 Å². The molecule has 0 saturated carbocycles. The first-order chi connectivity index (χ1) is 26.7. The van der Waals surface area contributed by atoms with Gasteiger partial charge in [-0.3, -0.25) is 36.9 Å². The van der Waals surface area contributed by atoms with E-state index in [1.807, 2.05) is 0 Å². The lowest BCUT2D eigenvalue weighted by molar-refractivity contribution is -0.928. The zero-order valence-electron chi connectivity index (χ0n) is 32.9. The first-order valence-corrected chi connectivity index (χ1v) is 28.5. The Labute approximate surface area is 348 Å². The van der Waals surface area contributed by atoms with Gasteiger partial charge in [0, 0.05) is 51.4 Å². The third-order valence-electron chi connectivity index (χ3n) is 9.46. The number of ether oxygens (including phenoxy) is 1. The summed E-state index contributed by atoms with van der Waals surface area (Å²) in [5.41, 5.74) is 0. The smallest absolute Gasteiger partial charge is 0.313 e. The molecule has 0 aromatic heterocycles. The molecule has 0 aliphatic carbocycles. The van der Waals surface area contributed by atoms with Gasteiger partial charge >= 0.3 is 11.9 Å². The number of rotatable bonds is 36. The summed E-state index contributed by atoms with van der Waals surface area (Å²) in [6.07, 6.45) is 1.17. The quantitative estimate of drug-likeness (QED) is 0.0163. The van der Waals surface area contributed by atoms with Crippen LogP contribution in [-0.2, 0) is 75.0 Å². The van der Waals surface area contributed by atoms with E-state index in [1.54, 1.807) is 0 Å². The van der Waals surface area contributed by atoms with Crippen LogP contribution in [0, 0.1) is 0 Å². The van der Waals surface area contributed by atoms with Gasteiger partial charge in [-0.2, -0.15) is 50.5 Å². The summed E-state index contributed by atoms with van der Waals surface area (Å²) < 4.78 is 196. The third-order valence-corrected chi connectivity index (χ3v) is 14.3. The van der Waals surface area contributed by atoms with Crippen LogP contribution in [0.25, 0.3) is 0 Å². The molecule has 0 radical (unpaired) electrons. The fourth-order valence-corrected chi connectivity index (χ4v) is 9.81. The van der Waals surface area contributed by atoms with Crippen LogP contribution in [0.3, 0.4) is 0 Å². The van der Waals surface area contributed by atoms with E-state index in [2.05, 4.69) is 0 Å². The maximum atomic E-state index is 12.4. The van der Waals surface area contributed by atoms with E-state index in [0.717, 1.165) is 0 Å². The summed E-state index contributed by atoms with van der Waals surface area (Å²) in [6.45, 7) is 0.933. The van der Waals surface area contributed by atoms with E-state index in [4.69, 9.17) is 4.74 Å². The largest absolute Gasteiger partial charge is 0.393 e. The normalized spacial score (nSPS) is 13.7. The highest BCUT2D eigenvalue weighted by Gasteiger charge is 2.30. The van der Waals surface area contributed by atoms with Gasteiger partial charge in [0.1, 0.15) is 0 Å². The van der Waals surface area contributed by atoms with Crippen molar-refractivity contribution in [3.05, 3.63) is 0 Å². The molecule has 0 amide bonds. The van der Waals surface area contributed by atoms with Crippen LogP contribution >= 0.6 is 0 Å². The molecular formula is C30H62N2O21S6+2. The molecule has 0 fully saturated rings. The highest BCUT2D eigenvalue weighted by atomic mass is 32.2. The van der Waals surface area contributed by atoms with Gasteiger partial charge in [0.05, 0.1) is 86.9 Å². The molecule has 6 N–H and O–H groups in total. The number of hydrogen-bond acceptors (Lipinski definition) is 15. The van der Waals surface area contributed by atoms with Crippen molar-refractivity contribution in [2.24, 2.45) is 0 Å². The highest BCUT2D eigenvalue weighted by molar-refractivity contribution is 7.86. The van der Waals surface area contributed by atoms with Gasteiger partial charge in [0.2, 0.25) is 0 Å². The van der Waals surface area contributed by atoms with Gasteiger partial charge in [-0.1, -0.05) is 0 Å². The summed E-state index contributed by atoms with van der Waals surface area (Å²) in [5.74, 6) is -5.38. The van der Waals surface area contributed by atoms with Crippen molar-refractivity contribution >= 4 is 72.6 Å². The summed E-state index contributed by atoms with van der Waals surface area (Å²) in [5, 5.41) is 0. The molecule has 0 aliphatic rings. The van der Waals surface area contributed by atoms with Crippen LogP contribution in [0.2, 0.25) is 0 Å². The molecule has 0 aliphatic heterocycles. The lowest BCUT2D eigenvalue weighted by atomic mass is 10.1. The zero-order chi connectivity index (χ0) is 45.7. The highest BCUT2D eigenvalue weighted by Crippen LogP contribution is 2.19. The monoisotopic (exact) mass is 978 g/mol. The van der Waals surface area contributed by atoms with E-state index in [1.165, 1.54) is 0 Å². The minimum atomic E-state index is -4.35. The van der Waals surface area contributed by atoms with E-state index in [0.29, 0.717) is 25.7 Å². The Hall–Kier alpha value is -1.48. The second-order valence-corrected chi connectivity index (χ2v) is 24.2. The average molecular weight is 979 g/mol. The molecular weight excluding hydrogens is 917 g/mol. The Kier molecular flexibility index (Phi) is 25.6. The Bertz CT molecular complexity index is 1640. The van der Waals surface area contributed by atoms with Crippen LogP contribution < -0.4 is 0 Å². The molecule has 0 saturated heterocycles. The lowest BCUT2D eigenvalue weighted by Crippen LogP contribution is -2.52. The van der Waals surface area contributed by atoms with Crippen LogP contribution in [0.5, 0.6) is 0 Å². The molecule has 0 spiro atoms. The number of esters is 2. The van der Waals surface area contributed by atoms with Crippen molar-refractivity contribution in [2.75, 3.05) is 86.9 Å². The second kappa shape index (κ2) is 26.2. The molecule has 59 heavy (non-hydrogen) atoms. The van der Waals surface area contributed by atoms with Crippen LogP contribution in [-0.4, -0.2) is 186 Å². The molecule has 23 nitrogen and oxygen atoms in total. The van der Waals surface area contributed by atoms with Gasteiger partial charge in [0.25, 0.3) is 60.7 Å².